The number of nitrogens with zero attached hydrogens (tertiary/aromatic N) is 4. The van der Waals surface area contributed by atoms with Gasteiger partial charge in [-0.1, -0.05) is 30.3 Å². The number of rotatable bonds is 7. The Morgan fingerprint density at radius 3 is 2.64 bits per heavy atom. The van der Waals surface area contributed by atoms with E-state index in [1.807, 2.05) is 62.4 Å². The first kappa shape index (κ1) is 19.4. The van der Waals surface area contributed by atoms with Crippen LogP contribution in [-0.4, -0.2) is 45.9 Å². The van der Waals surface area contributed by atoms with Gasteiger partial charge in [0.05, 0.1) is 18.3 Å². The first-order valence-corrected chi connectivity index (χ1v) is 9.19. The predicted octanol–water partition coefficient (Wildman–Crippen LogP) is 3.36. The van der Waals surface area contributed by atoms with Gasteiger partial charge in [-0.25, -0.2) is 14.5 Å². The number of amides is 2. The van der Waals surface area contributed by atoms with Gasteiger partial charge in [0.25, 0.3) is 0 Å². The van der Waals surface area contributed by atoms with Gasteiger partial charge < -0.3 is 15.0 Å². The molecule has 0 aliphatic heterocycles. The number of hydrogen-bond donors (Lipinski definition) is 1. The van der Waals surface area contributed by atoms with Gasteiger partial charge in [-0.05, 0) is 43.2 Å². The molecular weight excluding hydrogens is 354 g/mol. The van der Waals surface area contributed by atoms with Gasteiger partial charge in [-0.15, -0.1) is 0 Å². The highest BCUT2D eigenvalue weighted by Crippen LogP contribution is 2.17. The Balaban J connectivity index is 1.48. The minimum atomic E-state index is -0.138. The molecule has 7 heteroatoms. The van der Waals surface area contributed by atoms with Crippen LogP contribution in [0.25, 0.3) is 5.69 Å². The largest absolute Gasteiger partial charge is 0.491 e. The Labute approximate surface area is 165 Å². The highest BCUT2D eigenvalue weighted by Gasteiger charge is 2.13. The van der Waals surface area contributed by atoms with Crippen LogP contribution in [0.2, 0.25) is 0 Å². The van der Waals surface area contributed by atoms with Gasteiger partial charge in [0.1, 0.15) is 25.0 Å². The molecule has 0 spiro atoms. The van der Waals surface area contributed by atoms with E-state index in [-0.39, 0.29) is 12.1 Å². The van der Waals surface area contributed by atoms with Crippen LogP contribution in [-0.2, 0) is 0 Å². The SMILES string of the molecule is Cc1ccccc1OCCN(C)C(=O)NC(C)c1ccc(-n2cncn2)cc1. The van der Waals surface area contributed by atoms with E-state index < -0.39 is 0 Å². The molecule has 1 N–H and O–H groups in total. The van der Waals surface area contributed by atoms with E-state index in [0.29, 0.717) is 13.2 Å². The Bertz CT molecular complexity index is 893. The minimum absolute atomic E-state index is 0.114. The summed E-state index contributed by atoms with van der Waals surface area (Å²) in [6, 6.07) is 15.4. The summed E-state index contributed by atoms with van der Waals surface area (Å²) < 4.78 is 7.45. The number of nitrogens with one attached hydrogen (secondary N) is 1. The zero-order chi connectivity index (χ0) is 19.9. The van der Waals surface area contributed by atoms with Crippen molar-refractivity contribution < 1.29 is 9.53 Å². The van der Waals surface area contributed by atoms with Gasteiger partial charge in [0.15, 0.2) is 0 Å². The summed E-state index contributed by atoms with van der Waals surface area (Å²) in [4.78, 5) is 18.0. The molecule has 0 radical (unpaired) electrons. The predicted molar refractivity (Wildman–Crippen MR) is 108 cm³/mol. The molecule has 1 aromatic heterocycles. The molecule has 146 valence electrons. The summed E-state index contributed by atoms with van der Waals surface area (Å²) in [5.41, 5.74) is 3.02. The number of aromatic nitrogens is 3. The molecule has 28 heavy (non-hydrogen) atoms. The van der Waals surface area contributed by atoms with Crippen molar-refractivity contribution >= 4 is 6.03 Å². The van der Waals surface area contributed by atoms with Crippen LogP contribution in [0.15, 0.2) is 61.2 Å². The van der Waals surface area contributed by atoms with Crippen molar-refractivity contribution in [2.45, 2.75) is 19.9 Å². The van der Waals surface area contributed by atoms with Gasteiger partial charge in [-0.3, -0.25) is 0 Å². The summed E-state index contributed by atoms with van der Waals surface area (Å²) in [5, 5.41) is 7.11. The molecule has 2 aromatic carbocycles. The average Bonchev–Trinajstić information content (AvgIpc) is 3.24. The summed E-state index contributed by atoms with van der Waals surface area (Å²) in [6.07, 6.45) is 3.14. The van der Waals surface area contributed by atoms with Crippen LogP contribution in [0.1, 0.15) is 24.1 Å². The number of aryl methyl sites for hydroxylation is 1. The molecule has 1 atom stereocenters. The summed E-state index contributed by atoms with van der Waals surface area (Å²) in [6.45, 7) is 4.90. The maximum absolute atomic E-state index is 12.4. The number of urea groups is 1. The summed E-state index contributed by atoms with van der Waals surface area (Å²) in [7, 11) is 1.76. The quantitative estimate of drug-likeness (QED) is 0.683. The Morgan fingerprint density at radius 1 is 1.21 bits per heavy atom. The van der Waals surface area contributed by atoms with Crippen molar-refractivity contribution in [3.05, 3.63) is 72.3 Å². The Kier molecular flexibility index (Phi) is 6.26. The molecule has 7 nitrogen and oxygen atoms in total. The Morgan fingerprint density at radius 2 is 1.96 bits per heavy atom. The molecule has 0 saturated carbocycles. The number of para-hydroxylation sites is 1. The van der Waals surface area contributed by atoms with Crippen molar-refractivity contribution in [1.82, 2.24) is 25.0 Å². The van der Waals surface area contributed by atoms with Crippen molar-refractivity contribution in [3.8, 4) is 11.4 Å². The van der Waals surface area contributed by atoms with Gasteiger partial charge in [0, 0.05) is 7.05 Å². The minimum Gasteiger partial charge on any atom is -0.491 e. The fourth-order valence-electron chi connectivity index (χ4n) is 2.75. The lowest BCUT2D eigenvalue weighted by Crippen LogP contribution is -2.40. The number of carbonyl (C=O) groups is 1. The molecule has 1 unspecified atom stereocenters. The second-order valence-electron chi connectivity index (χ2n) is 6.64. The van der Waals surface area contributed by atoms with Crippen LogP contribution in [0.4, 0.5) is 4.79 Å². The van der Waals surface area contributed by atoms with Gasteiger partial charge in [0.2, 0.25) is 0 Å². The van der Waals surface area contributed by atoms with Crippen molar-refractivity contribution in [1.29, 1.82) is 0 Å². The lowest BCUT2D eigenvalue weighted by Gasteiger charge is -2.22. The molecule has 0 aliphatic carbocycles. The van der Waals surface area contributed by atoms with Crippen LogP contribution in [0.3, 0.4) is 0 Å². The third-order valence-corrected chi connectivity index (χ3v) is 4.54. The third kappa shape index (κ3) is 4.88. The number of carbonyl (C=O) groups excluding carboxylic acids is 1. The molecule has 0 fully saturated rings. The number of ether oxygens (including phenoxy) is 1. The second kappa shape index (κ2) is 9.03. The summed E-state index contributed by atoms with van der Waals surface area (Å²) >= 11 is 0. The molecular formula is C21H25N5O2. The highest BCUT2D eigenvalue weighted by molar-refractivity contribution is 5.74. The standard InChI is InChI=1S/C21H25N5O2/c1-16-6-4-5-7-20(16)28-13-12-25(3)21(27)24-17(2)18-8-10-19(11-9-18)26-15-22-14-23-26/h4-11,14-15,17H,12-13H2,1-3H3,(H,24,27). The van der Waals surface area contributed by atoms with E-state index >= 15 is 0 Å². The lowest BCUT2D eigenvalue weighted by atomic mass is 10.1. The van der Waals surface area contributed by atoms with Crippen LogP contribution >= 0.6 is 0 Å². The summed E-state index contributed by atoms with van der Waals surface area (Å²) in [5.74, 6) is 0.845. The van der Waals surface area contributed by atoms with E-state index in [0.717, 1.165) is 22.6 Å². The van der Waals surface area contributed by atoms with E-state index in [1.165, 1.54) is 6.33 Å². The molecule has 2 amide bonds. The first-order valence-electron chi connectivity index (χ1n) is 9.19. The molecule has 0 aliphatic rings. The smallest absolute Gasteiger partial charge is 0.317 e. The zero-order valence-electron chi connectivity index (χ0n) is 16.4. The zero-order valence-corrected chi connectivity index (χ0v) is 16.4. The number of hydrogen-bond acceptors (Lipinski definition) is 4. The molecule has 3 aromatic rings. The fraction of sp³-hybridized carbons (Fsp3) is 0.286. The highest BCUT2D eigenvalue weighted by atomic mass is 16.5. The van der Waals surface area contributed by atoms with Crippen molar-refractivity contribution in [2.24, 2.45) is 0 Å². The van der Waals surface area contributed by atoms with E-state index in [2.05, 4.69) is 15.4 Å². The molecule has 1 heterocycles. The molecule has 0 saturated heterocycles. The third-order valence-electron chi connectivity index (χ3n) is 4.54. The normalized spacial score (nSPS) is 11.7. The number of benzene rings is 2. The molecule has 0 bridgehead atoms. The lowest BCUT2D eigenvalue weighted by molar-refractivity contribution is 0.192. The van der Waals surface area contributed by atoms with E-state index in [9.17, 15) is 4.79 Å². The van der Waals surface area contributed by atoms with Crippen LogP contribution in [0.5, 0.6) is 5.75 Å². The van der Waals surface area contributed by atoms with Crippen molar-refractivity contribution in [3.63, 3.8) is 0 Å². The maximum atomic E-state index is 12.4. The average molecular weight is 379 g/mol. The monoisotopic (exact) mass is 379 g/mol. The molecule has 3 rings (SSSR count). The van der Waals surface area contributed by atoms with Crippen molar-refractivity contribution in [2.75, 3.05) is 20.2 Å². The fourth-order valence-corrected chi connectivity index (χ4v) is 2.75. The second-order valence-corrected chi connectivity index (χ2v) is 6.64. The topological polar surface area (TPSA) is 72.3 Å². The van der Waals surface area contributed by atoms with Crippen LogP contribution in [0, 0.1) is 6.92 Å². The van der Waals surface area contributed by atoms with Gasteiger partial charge >= 0.3 is 6.03 Å². The maximum Gasteiger partial charge on any atom is 0.317 e. The first-order chi connectivity index (χ1) is 13.5. The Hall–Kier alpha value is -3.35. The van der Waals surface area contributed by atoms with Gasteiger partial charge in [-0.2, -0.15) is 5.10 Å². The van der Waals surface area contributed by atoms with Crippen LogP contribution < -0.4 is 10.1 Å². The van der Waals surface area contributed by atoms with E-state index in [4.69, 9.17) is 4.74 Å². The number of likely N-dealkylation sites (N-methyl/N-ethyl adjacent to an activating group) is 1. The van der Waals surface area contributed by atoms with E-state index in [1.54, 1.807) is 23.0 Å².